The molecule has 3 heterocycles. The summed E-state index contributed by atoms with van der Waals surface area (Å²) >= 11 is 1.70. The van der Waals surface area contributed by atoms with E-state index >= 15 is 0 Å². The zero-order valence-corrected chi connectivity index (χ0v) is 11.9. The maximum atomic E-state index is 5.90. The summed E-state index contributed by atoms with van der Waals surface area (Å²) in [5.74, 6) is 1.31. The van der Waals surface area contributed by atoms with Crippen molar-refractivity contribution in [3.8, 4) is 5.88 Å². The number of anilines is 1. The molecule has 5 nitrogen and oxygen atoms in total. The molecule has 102 valence electrons. The third-order valence-corrected chi connectivity index (χ3v) is 4.15. The van der Waals surface area contributed by atoms with Crippen molar-refractivity contribution in [2.45, 2.75) is 26.4 Å². The summed E-state index contributed by atoms with van der Waals surface area (Å²) in [6, 6.07) is 2.13. The summed E-state index contributed by atoms with van der Waals surface area (Å²) in [5, 5.41) is 4.16. The van der Waals surface area contributed by atoms with Gasteiger partial charge in [0.25, 0.3) is 0 Å². The average Bonchev–Trinajstić information content (AvgIpc) is 2.77. The molecular formula is C13H17N3O2S. The summed E-state index contributed by atoms with van der Waals surface area (Å²) in [5.41, 5.74) is 0. The van der Waals surface area contributed by atoms with Crippen LogP contribution in [-0.4, -0.2) is 35.8 Å². The van der Waals surface area contributed by atoms with E-state index in [1.54, 1.807) is 11.3 Å². The molecule has 0 spiro atoms. The van der Waals surface area contributed by atoms with Gasteiger partial charge in [-0.1, -0.05) is 6.92 Å². The molecule has 0 aliphatic carbocycles. The third kappa shape index (κ3) is 2.50. The molecule has 0 radical (unpaired) electrons. The Morgan fingerprint density at radius 3 is 2.89 bits per heavy atom. The quantitative estimate of drug-likeness (QED) is 0.911. The Bertz CT molecular complexity index is 581. The summed E-state index contributed by atoms with van der Waals surface area (Å²) < 4.78 is 11.0. The van der Waals surface area contributed by atoms with E-state index in [9.17, 15) is 0 Å². The van der Waals surface area contributed by atoms with Gasteiger partial charge in [0.15, 0.2) is 0 Å². The van der Waals surface area contributed by atoms with Crippen LogP contribution >= 0.6 is 11.3 Å². The molecule has 0 amide bonds. The van der Waals surface area contributed by atoms with Gasteiger partial charge in [0.1, 0.15) is 10.9 Å². The summed E-state index contributed by atoms with van der Waals surface area (Å²) in [7, 11) is 0. The van der Waals surface area contributed by atoms with Gasteiger partial charge in [-0.3, -0.25) is 0 Å². The van der Waals surface area contributed by atoms with Gasteiger partial charge in [-0.25, -0.2) is 4.98 Å². The molecule has 0 aromatic carbocycles. The van der Waals surface area contributed by atoms with Crippen molar-refractivity contribution < 1.29 is 9.47 Å². The van der Waals surface area contributed by atoms with Crippen LogP contribution in [0, 0.1) is 0 Å². The fraction of sp³-hybridized carbons (Fsp3) is 0.538. The zero-order chi connectivity index (χ0) is 13.2. The highest BCUT2D eigenvalue weighted by molar-refractivity contribution is 7.18. The number of hydrogen-bond donors (Lipinski definition) is 1. The number of rotatable bonds is 5. The summed E-state index contributed by atoms with van der Waals surface area (Å²) in [6.07, 6.45) is 1.13. The lowest BCUT2D eigenvalue weighted by atomic mass is 10.3. The molecule has 2 aromatic heterocycles. The van der Waals surface area contributed by atoms with Crippen LogP contribution < -0.4 is 10.1 Å². The number of thiophene rings is 1. The molecule has 0 saturated carbocycles. The summed E-state index contributed by atoms with van der Waals surface area (Å²) in [4.78, 5) is 11.3. The molecule has 19 heavy (non-hydrogen) atoms. The van der Waals surface area contributed by atoms with Gasteiger partial charge in [0, 0.05) is 11.4 Å². The Hall–Kier alpha value is -1.40. The molecule has 0 unspecified atom stereocenters. The number of fused-ring (bicyclic) bond motifs is 1. The van der Waals surface area contributed by atoms with Crippen molar-refractivity contribution in [1.82, 2.24) is 9.97 Å². The Morgan fingerprint density at radius 2 is 2.26 bits per heavy atom. The molecule has 1 fully saturated rings. The van der Waals surface area contributed by atoms with Crippen LogP contribution in [0.1, 0.15) is 18.7 Å². The number of hydrogen-bond acceptors (Lipinski definition) is 6. The van der Waals surface area contributed by atoms with Crippen molar-refractivity contribution in [3.63, 3.8) is 0 Å². The van der Waals surface area contributed by atoms with Crippen LogP contribution in [-0.2, 0) is 11.2 Å². The van der Waals surface area contributed by atoms with E-state index in [0.717, 1.165) is 23.2 Å². The SMILES string of the molecule is CCNc1nc(OC2COC2)c2cc(CC)sc2n1. The van der Waals surface area contributed by atoms with E-state index in [1.165, 1.54) is 4.88 Å². The predicted octanol–water partition coefficient (Wildman–Crippen LogP) is 2.46. The average molecular weight is 279 g/mol. The standard InChI is InChI=1S/C13H17N3O2S/c1-3-9-5-10-11(18-8-6-17-7-8)15-13(14-4-2)16-12(10)19-9/h5,8H,3-4,6-7H2,1-2H3,(H,14,15,16). The van der Waals surface area contributed by atoms with Crippen molar-refractivity contribution in [2.24, 2.45) is 0 Å². The molecule has 1 N–H and O–H groups in total. The topological polar surface area (TPSA) is 56.3 Å². The Kier molecular flexibility index (Phi) is 3.52. The highest BCUT2D eigenvalue weighted by atomic mass is 32.1. The van der Waals surface area contributed by atoms with Crippen molar-refractivity contribution in [1.29, 1.82) is 0 Å². The van der Waals surface area contributed by atoms with Crippen LogP contribution in [0.2, 0.25) is 0 Å². The Labute approximate surface area is 116 Å². The lowest BCUT2D eigenvalue weighted by Crippen LogP contribution is -2.38. The maximum Gasteiger partial charge on any atom is 0.227 e. The van der Waals surface area contributed by atoms with Gasteiger partial charge in [0.2, 0.25) is 11.8 Å². The largest absolute Gasteiger partial charge is 0.469 e. The van der Waals surface area contributed by atoms with Crippen molar-refractivity contribution >= 4 is 27.5 Å². The maximum absolute atomic E-state index is 5.90. The molecule has 1 aliphatic rings. The van der Waals surface area contributed by atoms with Crippen LogP contribution in [0.5, 0.6) is 5.88 Å². The molecule has 0 bridgehead atoms. The molecule has 0 atom stereocenters. The molecule has 1 saturated heterocycles. The monoisotopic (exact) mass is 279 g/mol. The number of ether oxygens (including phenoxy) is 2. The highest BCUT2D eigenvalue weighted by Gasteiger charge is 2.23. The van der Waals surface area contributed by atoms with E-state index < -0.39 is 0 Å². The normalized spacial score (nSPS) is 15.5. The highest BCUT2D eigenvalue weighted by Crippen LogP contribution is 2.32. The van der Waals surface area contributed by atoms with Crippen LogP contribution in [0.25, 0.3) is 10.2 Å². The molecule has 6 heteroatoms. The fourth-order valence-corrected chi connectivity index (χ4v) is 2.84. The van der Waals surface area contributed by atoms with E-state index in [4.69, 9.17) is 9.47 Å². The number of nitrogens with one attached hydrogen (secondary N) is 1. The fourth-order valence-electron chi connectivity index (χ4n) is 1.89. The van der Waals surface area contributed by atoms with Gasteiger partial charge < -0.3 is 14.8 Å². The van der Waals surface area contributed by atoms with Gasteiger partial charge in [-0.05, 0) is 19.4 Å². The van der Waals surface area contributed by atoms with E-state index in [2.05, 4.69) is 28.3 Å². The minimum atomic E-state index is 0.123. The van der Waals surface area contributed by atoms with Crippen molar-refractivity contribution in [3.05, 3.63) is 10.9 Å². The molecule has 2 aromatic rings. The Morgan fingerprint density at radius 1 is 1.42 bits per heavy atom. The number of nitrogens with zero attached hydrogens (tertiary/aromatic N) is 2. The van der Waals surface area contributed by atoms with Gasteiger partial charge in [0.05, 0.1) is 18.6 Å². The minimum Gasteiger partial charge on any atom is -0.469 e. The second-order valence-electron chi connectivity index (χ2n) is 4.45. The third-order valence-electron chi connectivity index (χ3n) is 2.98. The first-order chi connectivity index (χ1) is 9.30. The minimum absolute atomic E-state index is 0.123. The van der Waals surface area contributed by atoms with E-state index in [1.807, 2.05) is 6.92 Å². The van der Waals surface area contributed by atoms with Gasteiger partial charge in [-0.2, -0.15) is 4.98 Å². The molecule has 3 rings (SSSR count). The lowest BCUT2D eigenvalue weighted by Gasteiger charge is -2.26. The second kappa shape index (κ2) is 5.30. The van der Waals surface area contributed by atoms with Gasteiger partial charge >= 0.3 is 0 Å². The molecule has 1 aliphatic heterocycles. The number of aromatic nitrogens is 2. The second-order valence-corrected chi connectivity index (χ2v) is 5.56. The zero-order valence-electron chi connectivity index (χ0n) is 11.1. The van der Waals surface area contributed by atoms with Crippen LogP contribution in [0.4, 0.5) is 5.95 Å². The summed E-state index contributed by atoms with van der Waals surface area (Å²) in [6.45, 7) is 6.26. The van der Waals surface area contributed by atoms with E-state index in [-0.39, 0.29) is 6.10 Å². The Balaban J connectivity index is 2.00. The van der Waals surface area contributed by atoms with Crippen molar-refractivity contribution in [2.75, 3.05) is 25.1 Å². The van der Waals surface area contributed by atoms with Crippen LogP contribution in [0.3, 0.4) is 0 Å². The smallest absolute Gasteiger partial charge is 0.227 e. The first-order valence-electron chi connectivity index (χ1n) is 6.59. The van der Waals surface area contributed by atoms with Gasteiger partial charge in [-0.15, -0.1) is 11.3 Å². The van der Waals surface area contributed by atoms with E-state index in [0.29, 0.717) is 25.0 Å². The lowest BCUT2D eigenvalue weighted by molar-refractivity contribution is -0.0806. The first kappa shape index (κ1) is 12.6. The molecular weight excluding hydrogens is 262 g/mol. The predicted molar refractivity (Wildman–Crippen MR) is 76.2 cm³/mol. The van der Waals surface area contributed by atoms with Crippen LogP contribution in [0.15, 0.2) is 6.07 Å². The first-order valence-corrected chi connectivity index (χ1v) is 7.40. The number of aryl methyl sites for hydroxylation is 1.